The molecule has 1 heterocycles. The summed E-state index contributed by atoms with van der Waals surface area (Å²) in [5.74, 6) is 0.633. The highest BCUT2D eigenvalue weighted by molar-refractivity contribution is 7.89. The SMILES string of the molecule is COc1ccccc1[C@@H]1C=C(c2ccccc2)NN1S(=O)(=O)c1ccccc1. The molecule has 1 aliphatic rings. The number of nitrogens with one attached hydrogen (secondary N) is 1. The number of hydrogen-bond acceptors (Lipinski definition) is 4. The Balaban J connectivity index is 1.83. The highest BCUT2D eigenvalue weighted by Crippen LogP contribution is 2.38. The maximum absolute atomic E-state index is 13.4. The fraction of sp³-hybridized carbons (Fsp3) is 0.0909. The highest BCUT2D eigenvalue weighted by atomic mass is 32.2. The van der Waals surface area contributed by atoms with E-state index >= 15 is 0 Å². The Bertz CT molecular complexity index is 1100. The van der Waals surface area contributed by atoms with E-state index in [1.54, 1.807) is 37.4 Å². The maximum atomic E-state index is 13.4. The maximum Gasteiger partial charge on any atom is 0.260 e. The lowest BCUT2D eigenvalue weighted by Crippen LogP contribution is -2.39. The molecule has 0 saturated carbocycles. The lowest BCUT2D eigenvalue weighted by atomic mass is 10.0. The molecule has 142 valence electrons. The molecule has 28 heavy (non-hydrogen) atoms. The average Bonchev–Trinajstić information content (AvgIpc) is 3.21. The second-order valence-electron chi connectivity index (χ2n) is 6.36. The first-order chi connectivity index (χ1) is 13.6. The number of rotatable bonds is 5. The van der Waals surface area contributed by atoms with Gasteiger partial charge in [-0.1, -0.05) is 66.7 Å². The van der Waals surface area contributed by atoms with Crippen LogP contribution >= 0.6 is 0 Å². The van der Waals surface area contributed by atoms with Gasteiger partial charge in [-0.05, 0) is 29.8 Å². The van der Waals surface area contributed by atoms with E-state index in [1.165, 1.54) is 4.41 Å². The van der Waals surface area contributed by atoms with E-state index in [-0.39, 0.29) is 4.90 Å². The third-order valence-corrected chi connectivity index (χ3v) is 6.35. The van der Waals surface area contributed by atoms with E-state index < -0.39 is 16.1 Å². The summed E-state index contributed by atoms with van der Waals surface area (Å²) in [5, 5.41) is 0. The van der Waals surface area contributed by atoms with Gasteiger partial charge in [0.05, 0.1) is 23.7 Å². The van der Waals surface area contributed by atoms with Crippen molar-refractivity contribution in [2.45, 2.75) is 10.9 Å². The van der Waals surface area contributed by atoms with Crippen LogP contribution in [0.3, 0.4) is 0 Å². The number of sulfonamides is 1. The first-order valence-corrected chi connectivity index (χ1v) is 10.3. The standard InChI is InChI=1S/C22H20N2O3S/c1-27-22-15-9-8-14-19(22)21-16-20(17-10-4-2-5-11-17)23-24(21)28(25,26)18-12-6-3-7-13-18/h2-16,21,23H,1H3/t21-/m0/s1. The van der Waals surface area contributed by atoms with Gasteiger partial charge < -0.3 is 10.2 Å². The molecular formula is C22H20N2O3S. The largest absolute Gasteiger partial charge is 0.496 e. The van der Waals surface area contributed by atoms with E-state index in [0.717, 1.165) is 16.8 Å². The molecule has 1 atom stereocenters. The van der Waals surface area contributed by atoms with Crippen molar-refractivity contribution in [3.63, 3.8) is 0 Å². The van der Waals surface area contributed by atoms with Crippen molar-refractivity contribution in [1.82, 2.24) is 9.84 Å². The first-order valence-electron chi connectivity index (χ1n) is 8.87. The molecule has 0 aliphatic carbocycles. The molecule has 0 spiro atoms. The molecular weight excluding hydrogens is 372 g/mol. The van der Waals surface area contributed by atoms with Crippen molar-refractivity contribution in [3.05, 3.63) is 102 Å². The van der Waals surface area contributed by atoms with E-state index in [1.807, 2.05) is 60.7 Å². The molecule has 3 aromatic carbocycles. The van der Waals surface area contributed by atoms with E-state index in [0.29, 0.717) is 5.75 Å². The van der Waals surface area contributed by atoms with Crippen LogP contribution in [0, 0.1) is 0 Å². The number of hydrazine groups is 1. The Morgan fingerprint density at radius 3 is 2.14 bits per heavy atom. The number of para-hydroxylation sites is 1. The molecule has 0 radical (unpaired) electrons. The zero-order valence-corrected chi connectivity index (χ0v) is 16.1. The van der Waals surface area contributed by atoms with Crippen LogP contribution in [-0.2, 0) is 10.0 Å². The van der Waals surface area contributed by atoms with Crippen molar-refractivity contribution in [2.75, 3.05) is 7.11 Å². The molecule has 6 heteroatoms. The minimum atomic E-state index is -3.79. The lowest BCUT2D eigenvalue weighted by Gasteiger charge is -2.25. The van der Waals surface area contributed by atoms with Crippen LogP contribution in [-0.4, -0.2) is 19.9 Å². The van der Waals surface area contributed by atoms with Gasteiger partial charge in [-0.15, -0.1) is 4.41 Å². The second-order valence-corrected chi connectivity index (χ2v) is 8.17. The number of benzene rings is 3. The Labute approximate surface area is 164 Å². The summed E-state index contributed by atoms with van der Waals surface area (Å²) in [5.41, 5.74) is 5.51. The summed E-state index contributed by atoms with van der Waals surface area (Å²) in [6.45, 7) is 0. The Morgan fingerprint density at radius 2 is 1.46 bits per heavy atom. The number of hydrogen-bond donors (Lipinski definition) is 1. The molecule has 0 aromatic heterocycles. The fourth-order valence-corrected chi connectivity index (χ4v) is 4.69. The summed E-state index contributed by atoms with van der Waals surface area (Å²) < 4.78 is 33.5. The lowest BCUT2D eigenvalue weighted by molar-refractivity contribution is 0.335. The van der Waals surface area contributed by atoms with Crippen LogP contribution in [0.15, 0.2) is 95.9 Å². The Kier molecular flexibility index (Phi) is 4.90. The quantitative estimate of drug-likeness (QED) is 0.713. The zero-order chi connectivity index (χ0) is 19.6. The summed E-state index contributed by atoms with van der Waals surface area (Å²) >= 11 is 0. The van der Waals surface area contributed by atoms with Crippen LogP contribution < -0.4 is 10.2 Å². The van der Waals surface area contributed by atoms with Crippen LogP contribution in [0.2, 0.25) is 0 Å². The predicted octanol–water partition coefficient (Wildman–Crippen LogP) is 3.99. The molecule has 0 fully saturated rings. The van der Waals surface area contributed by atoms with Gasteiger partial charge >= 0.3 is 0 Å². The van der Waals surface area contributed by atoms with Gasteiger partial charge in [0, 0.05) is 5.56 Å². The minimum Gasteiger partial charge on any atom is -0.496 e. The molecule has 0 unspecified atom stereocenters. The fourth-order valence-electron chi connectivity index (χ4n) is 3.27. The van der Waals surface area contributed by atoms with Gasteiger partial charge in [0.15, 0.2) is 0 Å². The second kappa shape index (κ2) is 7.50. The molecule has 0 amide bonds. The van der Waals surface area contributed by atoms with Crippen LogP contribution in [0.5, 0.6) is 5.75 Å². The van der Waals surface area contributed by atoms with Crippen LogP contribution in [0.1, 0.15) is 17.2 Å². The average molecular weight is 392 g/mol. The van der Waals surface area contributed by atoms with Crippen molar-refractivity contribution in [3.8, 4) is 5.75 Å². The monoisotopic (exact) mass is 392 g/mol. The van der Waals surface area contributed by atoms with Crippen molar-refractivity contribution >= 4 is 15.7 Å². The molecule has 4 rings (SSSR count). The highest BCUT2D eigenvalue weighted by Gasteiger charge is 2.38. The van der Waals surface area contributed by atoms with Crippen molar-refractivity contribution in [2.24, 2.45) is 0 Å². The molecule has 1 N–H and O–H groups in total. The molecule has 3 aromatic rings. The number of ether oxygens (including phenoxy) is 1. The molecule has 0 bridgehead atoms. The third kappa shape index (κ3) is 3.28. The summed E-state index contributed by atoms with van der Waals surface area (Å²) in [6.07, 6.45) is 1.91. The Morgan fingerprint density at radius 1 is 0.857 bits per heavy atom. The van der Waals surface area contributed by atoms with Gasteiger partial charge in [0.1, 0.15) is 5.75 Å². The van der Waals surface area contributed by atoms with Crippen LogP contribution in [0.25, 0.3) is 5.70 Å². The van der Waals surface area contributed by atoms with Gasteiger partial charge in [0.25, 0.3) is 10.0 Å². The molecule has 1 aliphatic heterocycles. The summed E-state index contributed by atoms with van der Waals surface area (Å²) in [4.78, 5) is 0.227. The normalized spacial score (nSPS) is 17.0. The van der Waals surface area contributed by atoms with Gasteiger partial charge in [-0.2, -0.15) is 0 Å². The number of methoxy groups -OCH3 is 1. The molecule has 0 saturated heterocycles. The Hall–Kier alpha value is -3.09. The summed E-state index contributed by atoms with van der Waals surface area (Å²) in [7, 11) is -2.20. The van der Waals surface area contributed by atoms with E-state index in [9.17, 15) is 8.42 Å². The van der Waals surface area contributed by atoms with Gasteiger partial charge in [0.2, 0.25) is 0 Å². The van der Waals surface area contributed by atoms with E-state index in [4.69, 9.17) is 4.74 Å². The topological polar surface area (TPSA) is 58.6 Å². The van der Waals surface area contributed by atoms with Crippen molar-refractivity contribution in [1.29, 1.82) is 0 Å². The van der Waals surface area contributed by atoms with Gasteiger partial charge in [-0.25, -0.2) is 8.42 Å². The predicted molar refractivity (Wildman–Crippen MR) is 109 cm³/mol. The van der Waals surface area contributed by atoms with E-state index in [2.05, 4.69) is 5.43 Å². The van der Waals surface area contributed by atoms with Crippen LogP contribution in [0.4, 0.5) is 0 Å². The first kappa shape index (κ1) is 18.3. The smallest absolute Gasteiger partial charge is 0.260 e. The third-order valence-electron chi connectivity index (χ3n) is 4.65. The minimum absolute atomic E-state index is 0.227. The van der Waals surface area contributed by atoms with Gasteiger partial charge in [-0.3, -0.25) is 0 Å². The van der Waals surface area contributed by atoms with Crippen molar-refractivity contribution < 1.29 is 13.2 Å². The number of nitrogens with zero attached hydrogens (tertiary/aromatic N) is 1. The molecule has 5 nitrogen and oxygen atoms in total. The summed E-state index contributed by atoms with van der Waals surface area (Å²) in [6, 6.07) is 25.0. The zero-order valence-electron chi connectivity index (χ0n) is 15.3.